The number of carbonyl (C=O) groups excluding carboxylic acids is 2. The van der Waals surface area contributed by atoms with Gasteiger partial charge in [0.25, 0.3) is 0 Å². The van der Waals surface area contributed by atoms with E-state index in [4.69, 9.17) is 0 Å². The van der Waals surface area contributed by atoms with E-state index in [1.807, 2.05) is 35.8 Å². The predicted molar refractivity (Wildman–Crippen MR) is 89.7 cm³/mol. The van der Waals surface area contributed by atoms with Crippen molar-refractivity contribution in [1.29, 1.82) is 0 Å². The highest BCUT2D eigenvalue weighted by Crippen LogP contribution is 2.25. The van der Waals surface area contributed by atoms with Gasteiger partial charge in [-0.2, -0.15) is 15.4 Å². The maximum absolute atomic E-state index is 12.4. The van der Waals surface area contributed by atoms with Gasteiger partial charge in [-0.05, 0) is 19.9 Å². The third kappa shape index (κ3) is 3.05. The molecule has 1 unspecified atom stereocenters. The molecule has 3 rings (SSSR count). The zero-order valence-corrected chi connectivity index (χ0v) is 13.6. The summed E-state index contributed by atoms with van der Waals surface area (Å²) in [6.07, 6.45) is 4.00. The maximum Gasteiger partial charge on any atom is 0.242 e. The van der Waals surface area contributed by atoms with Crippen molar-refractivity contribution >= 4 is 22.6 Å². The summed E-state index contributed by atoms with van der Waals surface area (Å²) < 4.78 is 1.84. The molecular weight excluding hydrogens is 306 g/mol. The molecule has 0 aliphatic heterocycles. The molecule has 0 spiro atoms. The molecule has 7 nitrogen and oxygen atoms in total. The first kappa shape index (κ1) is 15.9. The lowest BCUT2D eigenvalue weighted by molar-refractivity contribution is -0.123. The highest BCUT2D eigenvalue weighted by atomic mass is 16.2. The molecular formula is C17H19N5O2. The minimum absolute atomic E-state index is 0.0106. The van der Waals surface area contributed by atoms with E-state index < -0.39 is 6.04 Å². The van der Waals surface area contributed by atoms with Crippen molar-refractivity contribution in [3.63, 3.8) is 0 Å². The Bertz CT molecular complexity index is 866. The zero-order chi connectivity index (χ0) is 17.1. The van der Waals surface area contributed by atoms with Crippen molar-refractivity contribution in [1.82, 2.24) is 25.3 Å². The number of rotatable bonds is 6. The van der Waals surface area contributed by atoms with Crippen LogP contribution in [0.2, 0.25) is 0 Å². The molecule has 0 aliphatic carbocycles. The number of nitrogens with zero attached hydrogens (tertiary/aromatic N) is 3. The molecule has 0 fully saturated rings. The third-order valence-electron chi connectivity index (χ3n) is 4.06. The van der Waals surface area contributed by atoms with Gasteiger partial charge in [0, 0.05) is 35.6 Å². The van der Waals surface area contributed by atoms with Gasteiger partial charge in [0.2, 0.25) is 5.91 Å². The Labute approximate surface area is 139 Å². The Kier molecular flexibility index (Phi) is 4.41. The Balaban J connectivity index is 1.76. The Morgan fingerprint density at radius 2 is 2.12 bits per heavy atom. The Hall–Kier alpha value is -2.96. The summed E-state index contributed by atoms with van der Waals surface area (Å²) in [5.74, 6) is -0.113. The van der Waals surface area contributed by atoms with Crippen LogP contribution in [0.5, 0.6) is 0 Å². The quantitative estimate of drug-likeness (QED) is 0.677. The van der Waals surface area contributed by atoms with Crippen LogP contribution >= 0.6 is 0 Å². The summed E-state index contributed by atoms with van der Waals surface area (Å²) in [6.45, 7) is 3.84. The topological polar surface area (TPSA) is 92.7 Å². The first-order valence-electron chi connectivity index (χ1n) is 7.81. The van der Waals surface area contributed by atoms with Gasteiger partial charge in [0.05, 0.1) is 11.9 Å². The molecule has 0 bridgehead atoms. The molecule has 0 radical (unpaired) electrons. The van der Waals surface area contributed by atoms with E-state index >= 15 is 0 Å². The van der Waals surface area contributed by atoms with Crippen molar-refractivity contribution in [3.8, 4) is 0 Å². The number of amides is 1. The average Bonchev–Trinajstić information content (AvgIpc) is 3.21. The summed E-state index contributed by atoms with van der Waals surface area (Å²) in [6, 6.07) is 7.19. The Morgan fingerprint density at radius 1 is 1.33 bits per heavy atom. The van der Waals surface area contributed by atoms with E-state index in [1.54, 1.807) is 12.4 Å². The summed E-state index contributed by atoms with van der Waals surface area (Å²) >= 11 is 0. The molecule has 0 aliphatic rings. The van der Waals surface area contributed by atoms with Crippen LogP contribution in [0.4, 0.5) is 0 Å². The van der Waals surface area contributed by atoms with Crippen molar-refractivity contribution in [3.05, 3.63) is 47.9 Å². The molecule has 1 aromatic carbocycles. The second kappa shape index (κ2) is 6.66. The third-order valence-corrected chi connectivity index (χ3v) is 4.06. The van der Waals surface area contributed by atoms with Crippen LogP contribution in [0.25, 0.3) is 10.9 Å². The number of aromatic nitrogens is 4. The molecule has 0 saturated carbocycles. The molecule has 2 heterocycles. The Morgan fingerprint density at radius 3 is 2.83 bits per heavy atom. The van der Waals surface area contributed by atoms with Crippen LogP contribution in [-0.2, 0) is 11.2 Å². The van der Waals surface area contributed by atoms with Gasteiger partial charge in [-0.25, -0.2) is 0 Å². The van der Waals surface area contributed by atoms with Crippen LogP contribution in [0.15, 0.2) is 36.7 Å². The SMILES string of the molecule is CC(=O)c1cn(C(C)C(=O)NCCc2cn[nH]n2)c2ccccc12. The second-order valence-electron chi connectivity index (χ2n) is 5.70. The lowest BCUT2D eigenvalue weighted by atomic mass is 10.1. The minimum atomic E-state index is -0.416. The fourth-order valence-electron chi connectivity index (χ4n) is 2.74. The summed E-state index contributed by atoms with van der Waals surface area (Å²) in [5.41, 5.74) is 2.31. The van der Waals surface area contributed by atoms with E-state index in [0.29, 0.717) is 18.5 Å². The number of hydrogen-bond acceptors (Lipinski definition) is 4. The van der Waals surface area contributed by atoms with E-state index in [9.17, 15) is 9.59 Å². The number of carbonyl (C=O) groups is 2. The fraction of sp³-hybridized carbons (Fsp3) is 0.294. The number of ketones is 1. The molecule has 24 heavy (non-hydrogen) atoms. The fourth-order valence-corrected chi connectivity index (χ4v) is 2.74. The van der Waals surface area contributed by atoms with Gasteiger partial charge in [-0.1, -0.05) is 18.2 Å². The van der Waals surface area contributed by atoms with Gasteiger partial charge in [0.1, 0.15) is 6.04 Å². The highest BCUT2D eigenvalue weighted by Gasteiger charge is 2.19. The maximum atomic E-state index is 12.4. The molecule has 7 heteroatoms. The van der Waals surface area contributed by atoms with Crippen LogP contribution < -0.4 is 5.32 Å². The number of Topliss-reactive ketones (excluding diaryl/α,β-unsaturated/α-hetero) is 1. The largest absolute Gasteiger partial charge is 0.354 e. The molecule has 3 aromatic rings. The lowest BCUT2D eigenvalue weighted by Crippen LogP contribution is -2.32. The summed E-state index contributed by atoms with van der Waals surface area (Å²) in [4.78, 5) is 24.3. The zero-order valence-electron chi connectivity index (χ0n) is 13.6. The van der Waals surface area contributed by atoms with Crippen LogP contribution in [0.1, 0.15) is 35.9 Å². The number of nitrogens with one attached hydrogen (secondary N) is 2. The normalized spacial score (nSPS) is 12.2. The van der Waals surface area contributed by atoms with Crippen LogP contribution in [0, 0.1) is 0 Å². The molecule has 2 N–H and O–H groups in total. The smallest absolute Gasteiger partial charge is 0.242 e. The molecule has 124 valence electrons. The summed E-state index contributed by atoms with van der Waals surface area (Å²) in [7, 11) is 0. The van der Waals surface area contributed by atoms with E-state index in [-0.39, 0.29) is 11.7 Å². The second-order valence-corrected chi connectivity index (χ2v) is 5.70. The molecule has 0 saturated heterocycles. The minimum Gasteiger partial charge on any atom is -0.354 e. The van der Waals surface area contributed by atoms with E-state index in [2.05, 4.69) is 20.7 Å². The average molecular weight is 325 g/mol. The van der Waals surface area contributed by atoms with Crippen molar-refractivity contribution < 1.29 is 9.59 Å². The van der Waals surface area contributed by atoms with Gasteiger partial charge in [0.15, 0.2) is 5.78 Å². The van der Waals surface area contributed by atoms with Crippen molar-refractivity contribution in [2.24, 2.45) is 0 Å². The number of para-hydroxylation sites is 1. The van der Waals surface area contributed by atoms with Gasteiger partial charge >= 0.3 is 0 Å². The van der Waals surface area contributed by atoms with Gasteiger partial charge in [-0.15, -0.1) is 0 Å². The van der Waals surface area contributed by atoms with Crippen molar-refractivity contribution in [2.45, 2.75) is 26.3 Å². The number of hydrogen-bond donors (Lipinski definition) is 2. The van der Waals surface area contributed by atoms with Crippen molar-refractivity contribution in [2.75, 3.05) is 6.54 Å². The monoisotopic (exact) mass is 325 g/mol. The van der Waals surface area contributed by atoms with Gasteiger partial charge in [-0.3, -0.25) is 9.59 Å². The van der Waals surface area contributed by atoms with E-state index in [1.165, 1.54) is 6.92 Å². The lowest BCUT2D eigenvalue weighted by Gasteiger charge is -2.15. The number of benzene rings is 1. The van der Waals surface area contributed by atoms with Crippen LogP contribution in [-0.4, -0.2) is 38.2 Å². The highest BCUT2D eigenvalue weighted by molar-refractivity contribution is 6.07. The number of H-pyrrole nitrogens is 1. The predicted octanol–water partition coefficient (Wildman–Crippen LogP) is 1.88. The number of fused-ring (bicyclic) bond motifs is 1. The molecule has 1 amide bonds. The van der Waals surface area contributed by atoms with E-state index in [0.717, 1.165) is 16.6 Å². The first-order valence-corrected chi connectivity index (χ1v) is 7.81. The molecule has 1 atom stereocenters. The van der Waals surface area contributed by atoms with Gasteiger partial charge < -0.3 is 9.88 Å². The summed E-state index contributed by atoms with van der Waals surface area (Å²) in [5, 5.41) is 14.0. The first-order chi connectivity index (χ1) is 11.6. The molecule has 2 aromatic heterocycles. The van der Waals surface area contributed by atoms with Crippen LogP contribution in [0.3, 0.4) is 0 Å². The number of aromatic amines is 1. The standard InChI is InChI=1S/C17H19N5O2/c1-11(17(24)18-8-7-13-9-19-21-20-13)22-10-15(12(2)23)14-5-3-4-6-16(14)22/h3-6,9-11H,7-8H2,1-2H3,(H,18,24)(H,19,20,21).